The summed E-state index contributed by atoms with van der Waals surface area (Å²) in [6.45, 7) is 2.09. The van der Waals surface area contributed by atoms with E-state index < -0.39 is 0 Å². The van der Waals surface area contributed by atoms with Crippen molar-refractivity contribution in [2.45, 2.75) is 6.54 Å². The minimum atomic E-state index is 0.465. The first-order chi connectivity index (χ1) is 8.26. The lowest BCUT2D eigenvalue weighted by molar-refractivity contribution is 0.661. The van der Waals surface area contributed by atoms with Crippen molar-refractivity contribution in [3.8, 4) is 6.19 Å². The number of nitrogens with one attached hydrogen (secondary N) is 3. The van der Waals surface area contributed by atoms with Crippen LogP contribution in [0.15, 0.2) is 10.4 Å². The molecule has 8 heteroatoms. The second-order valence-electron chi connectivity index (χ2n) is 3.09. The Bertz CT molecular complexity index is 406. The van der Waals surface area contributed by atoms with Crippen LogP contribution < -0.4 is 21.7 Å². The molecule has 0 radical (unpaired) electrons. The Morgan fingerprint density at radius 2 is 2.47 bits per heavy atom. The Labute approximate surface area is 104 Å². The molecule has 92 valence electrons. The molecule has 0 aromatic carbocycles. The van der Waals surface area contributed by atoms with E-state index in [1.807, 2.05) is 5.38 Å². The molecule has 0 atom stereocenters. The molecule has 0 amide bonds. The van der Waals surface area contributed by atoms with Gasteiger partial charge < -0.3 is 16.4 Å². The molecule has 0 aliphatic heterocycles. The predicted octanol–water partition coefficient (Wildman–Crippen LogP) is -0.539. The molecule has 0 bridgehead atoms. The van der Waals surface area contributed by atoms with E-state index in [2.05, 4.69) is 25.9 Å². The van der Waals surface area contributed by atoms with Gasteiger partial charge in [0.05, 0.1) is 5.69 Å². The molecule has 0 saturated heterocycles. The van der Waals surface area contributed by atoms with E-state index in [0.29, 0.717) is 24.2 Å². The molecule has 0 saturated carbocycles. The van der Waals surface area contributed by atoms with Crippen molar-refractivity contribution in [3.05, 3.63) is 11.1 Å². The largest absolute Gasteiger partial charge is 0.375 e. The molecule has 1 aromatic rings. The van der Waals surface area contributed by atoms with Gasteiger partial charge in [0.1, 0.15) is 0 Å². The highest BCUT2D eigenvalue weighted by Crippen LogP contribution is 2.09. The monoisotopic (exact) mass is 253 g/mol. The molecule has 1 heterocycles. The fourth-order valence-corrected chi connectivity index (χ4v) is 1.68. The smallest absolute Gasteiger partial charge is 0.204 e. The van der Waals surface area contributed by atoms with Gasteiger partial charge in [-0.2, -0.15) is 5.26 Å². The first-order valence-corrected chi connectivity index (χ1v) is 5.90. The van der Waals surface area contributed by atoms with E-state index in [4.69, 9.17) is 11.0 Å². The Balaban J connectivity index is 2.11. The van der Waals surface area contributed by atoms with Crippen LogP contribution in [0.5, 0.6) is 0 Å². The Morgan fingerprint density at radius 3 is 3.06 bits per heavy atom. The van der Waals surface area contributed by atoms with Crippen LogP contribution in [0.2, 0.25) is 0 Å². The first kappa shape index (κ1) is 13.2. The lowest BCUT2D eigenvalue weighted by atomic mass is 10.5. The summed E-state index contributed by atoms with van der Waals surface area (Å²) >= 11 is 1.43. The molecule has 0 fully saturated rings. The molecule has 0 unspecified atom stereocenters. The van der Waals surface area contributed by atoms with E-state index in [-0.39, 0.29) is 0 Å². The fourth-order valence-electron chi connectivity index (χ4n) is 1.12. The molecule has 17 heavy (non-hydrogen) atoms. The summed E-state index contributed by atoms with van der Waals surface area (Å²) in [6.07, 6.45) is 1.80. The minimum Gasteiger partial charge on any atom is -0.375 e. The molecular formula is C9H15N7S. The number of nitrogens with zero attached hydrogens (tertiary/aromatic N) is 3. The number of aromatic nitrogens is 1. The summed E-state index contributed by atoms with van der Waals surface area (Å²) < 4.78 is 0. The van der Waals surface area contributed by atoms with Gasteiger partial charge >= 0.3 is 0 Å². The second kappa shape index (κ2) is 7.43. The number of hydrogen-bond donors (Lipinski definition) is 4. The summed E-state index contributed by atoms with van der Waals surface area (Å²) in [5.41, 5.74) is 6.45. The topological polar surface area (TPSA) is 111 Å². The van der Waals surface area contributed by atoms with Crippen LogP contribution in [-0.4, -0.2) is 31.1 Å². The number of rotatable bonds is 5. The van der Waals surface area contributed by atoms with Crippen molar-refractivity contribution in [1.29, 1.82) is 5.26 Å². The highest BCUT2D eigenvalue weighted by Gasteiger charge is 1.98. The maximum atomic E-state index is 8.40. The third kappa shape index (κ3) is 5.14. The predicted molar refractivity (Wildman–Crippen MR) is 68.3 cm³/mol. The van der Waals surface area contributed by atoms with Gasteiger partial charge in [0, 0.05) is 32.1 Å². The molecule has 1 rings (SSSR count). The zero-order valence-electron chi connectivity index (χ0n) is 9.53. The van der Waals surface area contributed by atoms with Gasteiger partial charge in [0.2, 0.25) is 5.96 Å². The fraction of sp³-hybridized carbons (Fsp3) is 0.444. The molecule has 0 spiro atoms. The van der Waals surface area contributed by atoms with Crippen LogP contribution in [0.3, 0.4) is 0 Å². The number of guanidine groups is 1. The molecule has 1 aromatic heterocycles. The van der Waals surface area contributed by atoms with Crippen molar-refractivity contribution in [2.24, 2.45) is 4.99 Å². The van der Waals surface area contributed by atoms with Crippen molar-refractivity contribution < 1.29 is 0 Å². The van der Waals surface area contributed by atoms with Crippen LogP contribution in [0.1, 0.15) is 5.69 Å². The van der Waals surface area contributed by atoms with E-state index in [0.717, 1.165) is 12.2 Å². The van der Waals surface area contributed by atoms with Gasteiger partial charge in [-0.05, 0) is 0 Å². The summed E-state index contributed by atoms with van der Waals surface area (Å²) in [5, 5.41) is 19.5. The van der Waals surface area contributed by atoms with Crippen LogP contribution in [0.25, 0.3) is 0 Å². The number of nitrogens with two attached hydrogens (primary N) is 1. The number of nitriles is 1. The van der Waals surface area contributed by atoms with Crippen molar-refractivity contribution in [2.75, 3.05) is 25.9 Å². The van der Waals surface area contributed by atoms with E-state index >= 15 is 0 Å². The third-order valence-corrected chi connectivity index (χ3v) is 2.59. The molecule has 5 N–H and O–H groups in total. The maximum absolute atomic E-state index is 8.40. The average Bonchev–Trinajstić information content (AvgIpc) is 2.73. The van der Waals surface area contributed by atoms with Gasteiger partial charge in [-0.1, -0.05) is 0 Å². The zero-order chi connectivity index (χ0) is 12.5. The molecule has 0 aliphatic carbocycles. The van der Waals surface area contributed by atoms with Crippen LogP contribution in [0.4, 0.5) is 5.13 Å². The SMILES string of the molecule is CN=C(NC#N)NCCNCc1csc(N)n1. The number of nitrogen functional groups attached to an aromatic ring is 1. The summed E-state index contributed by atoms with van der Waals surface area (Å²) in [4.78, 5) is 7.98. The quantitative estimate of drug-likeness (QED) is 0.184. The maximum Gasteiger partial charge on any atom is 0.204 e. The van der Waals surface area contributed by atoms with Crippen LogP contribution >= 0.6 is 11.3 Å². The standard InChI is InChI=1S/C9H15N7S/c1-12-9(15-6-10)14-3-2-13-4-7-5-17-8(11)16-7/h5,13H,2-4H2,1H3,(H2,11,16)(H2,12,14,15). The van der Waals surface area contributed by atoms with Gasteiger partial charge in [-0.3, -0.25) is 10.3 Å². The Hall–Kier alpha value is -1.85. The number of anilines is 1. The second-order valence-corrected chi connectivity index (χ2v) is 3.98. The lowest BCUT2D eigenvalue weighted by Crippen LogP contribution is -2.38. The van der Waals surface area contributed by atoms with Gasteiger partial charge in [-0.25, -0.2) is 4.98 Å². The molecule has 0 aliphatic rings. The van der Waals surface area contributed by atoms with E-state index in [1.54, 1.807) is 13.2 Å². The van der Waals surface area contributed by atoms with Gasteiger partial charge in [0.25, 0.3) is 0 Å². The number of thiazole rings is 1. The summed E-state index contributed by atoms with van der Waals surface area (Å²) in [6, 6.07) is 0. The summed E-state index contributed by atoms with van der Waals surface area (Å²) in [5.74, 6) is 0.465. The van der Waals surface area contributed by atoms with E-state index in [1.165, 1.54) is 11.3 Å². The van der Waals surface area contributed by atoms with Crippen LogP contribution in [-0.2, 0) is 6.54 Å². The summed E-state index contributed by atoms with van der Waals surface area (Å²) in [7, 11) is 1.61. The highest BCUT2D eigenvalue weighted by atomic mass is 32.1. The molecular weight excluding hydrogens is 238 g/mol. The van der Waals surface area contributed by atoms with Crippen molar-refractivity contribution in [3.63, 3.8) is 0 Å². The first-order valence-electron chi connectivity index (χ1n) is 5.02. The average molecular weight is 253 g/mol. The number of aliphatic imine (C=N–C) groups is 1. The third-order valence-electron chi connectivity index (χ3n) is 1.87. The minimum absolute atomic E-state index is 0.465. The Morgan fingerprint density at radius 1 is 1.65 bits per heavy atom. The number of hydrogen-bond acceptors (Lipinski definition) is 6. The van der Waals surface area contributed by atoms with E-state index in [9.17, 15) is 0 Å². The van der Waals surface area contributed by atoms with Crippen LogP contribution in [0, 0.1) is 11.5 Å². The zero-order valence-corrected chi connectivity index (χ0v) is 10.3. The highest BCUT2D eigenvalue weighted by molar-refractivity contribution is 7.13. The van der Waals surface area contributed by atoms with Crippen molar-refractivity contribution in [1.82, 2.24) is 20.9 Å². The van der Waals surface area contributed by atoms with Gasteiger partial charge in [0.15, 0.2) is 11.3 Å². The normalized spacial score (nSPS) is 10.9. The van der Waals surface area contributed by atoms with Gasteiger partial charge in [-0.15, -0.1) is 11.3 Å². The Kier molecular flexibility index (Phi) is 5.77. The lowest BCUT2D eigenvalue weighted by Gasteiger charge is -2.07. The van der Waals surface area contributed by atoms with Crippen molar-refractivity contribution >= 4 is 22.4 Å². The molecule has 7 nitrogen and oxygen atoms in total.